The van der Waals surface area contributed by atoms with E-state index >= 15 is 0 Å². The van der Waals surface area contributed by atoms with Crippen molar-refractivity contribution < 1.29 is 16.8 Å². The Kier molecular flexibility index (Phi) is 6.06. The van der Waals surface area contributed by atoms with Crippen molar-refractivity contribution in [3.63, 3.8) is 0 Å². The third kappa shape index (κ3) is 4.44. The molecule has 3 saturated carbocycles. The summed E-state index contributed by atoms with van der Waals surface area (Å²) in [5.41, 5.74) is 1.35. The Morgan fingerprint density at radius 2 is 1.61 bits per heavy atom. The summed E-state index contributed by atoms with van der Waals surface area (Å²) >= 11 is 6.05. The van der Waals surface area contributed by atoms with Gasteiger partial charge in [-0.15, -0.1) is 10.2 Å². The normalized spacial score (nSPS) is 23.0. The second kappa shape index (κ2) is 9.35. The predicted molar refractivity (Wildman–Crippen MR) is 155 cm³/mol. The Labute approximate surface area is 242 Å². The van der Waals surface area contributed by atoms with E-state index in [1.807, 2.05) is 22.6 Å². The van der Waals surface area contributed by atoms with Crippen LogP contribution in [-0.2, 0) is 31.2 Å². The second-order valence-electron chi connectivity index (χ2n) is 11.2. The van der Waals surface area contributed by atoms with E-state index in [9.17, 15) is 16.8 Å². The van der Waals surface area contributed by atoms with E-state index in [2.05, 4.69) is 19.9 Å². The Morgan fingerprint density at radius 3 is 2.32 bits per heavy atom. The van der Waals surface area contributed by atoms with E-state index in [0.717, 1.165) is 25.1 Å². The monoisotopic (exact) mass is 610 g/mol. The van der Waals surface area contributed by atoms with Gasteiger partial charge in [0.15, 0.2) is 11.3 Å². The standard InChI is InChI=1S/C28H27ClN6O4S2/c29-21-7-4-8-22(17-21)41(38,39)33-28-13-10-27(11-14-28,12-15-28)26-32-31-24-18-30-25-23(35(24)26)9-16-34(25)40(36,37)19-20-5-2-1-3-6-20/h1-9,16-18,33H,10-15,19H2. The van der Waals surface area contributed by atoms with Gasteiger partial charge in [0, 0.05) is 22.2 Å². The van der Waals surface area contributed by atoms with Crippen molar-refractivity contribution in [3.05, 3.63) is 89.5 Å². The van der Waals surface area contributed by atoms with Gasteiger partial charge in [0.05, 0.1) is 22.4 Å². The van der Waals surface area contributed by atoms with Crippen molar-refractivity contribution in [2.24, 2.45) is 0 Å². The molecule has 0 unspecified atom stereocenters. The lowest BCUT2D eigenvalue weighted by atomic mass is 9.57. The van der Waals surface area contributed by atoms with Crippen LogP contribution in [-0.4, -0.2) is 45.9 Å². The molecule has 10 nitrogen and oxygen atoms in total. The molecule has 0 saturated heterocycles. The molecule has 2 bridgehead atoms. The molecule has 0 radical (unpaired) electrons. The highest BCUT2D eigenvalue weighted by molar-refractivity contribution is 7.89. The van der Waals surface area contributed by atoms with Crippen LogP contribution in [0, 0.1) is 0 Å². The second-order valence-corrected chi connectivity index (χ2v) is 15.1. The minimum Gasteiger partial charge on any atom is -0.274 e. The van der Waals surface area contributed by atoms with Crippen LogP contribution in [0.15, 0.2) is 78.0 Å². The van der Waals surface area contributed by atoms with E-state index in [-0.39, 0.29) is 16.1 Å². The van der Waals surface area contributed by atoms with E-state index in [0.29, 0.717) is 46.7 Å². The van der Waals surface area contributed by atoms with E-state index in [4.69, 9.17) is 11.6 Å². The Hall–Kier alpha value is -3.32. The smallest absolute Gasteiger partial charge is 0.244 e. The van der Waals surface area contributed by atoms with Gasteiger partial charge in [-0.05, 0) is 68.4 Å². The molecule has 3 heterocycles. The van der Waals surface area contributed by atoms with Crippen LogP contribution in [0.2, 0.25) is 5.02 Å². The summed E-state index contributed by atoms with van der Waals surface area (Å²) in [6.45, 7) is 0. The lowest BCUT2D eigenvalue weighted by Gasteiger charge is -2.52. The highest BCUT2D eigenvalue weighted by Gasteiger charge is 2.53. The van der Waals surface area contributed by atoms with Gasteiger partial charge in [0.2, 0.25) is 20.0 Å². The fraction of sp³-hybridized carbons (Fsp3) is 0.321. The zero-order valence-corrected chi connectivity index (χ0v) is 24.3. The van der Waals surface area contributed by atoms with Crippen molar-refractivity contribution >= 4 is 48.5 Å². The molecular formula is C28H27ClN6O4S2. The number of hydrogen-bond acceptors (Lipinski definition) is 7. The fourth-order valence-corrected chi connectivity index (χ4v) is 9.70. The molecule has 0 aliphatic heterocycles. The molecule has 1 N–H and O–H groups in total. The van der Waals surface area contributed by atoms with Gasteiger partial charge in [-0.2, -0.15) is 0 Å². The molecule has 3 aromatic heterocycles. The van der Waals surface area contributed by atoms with Gasteiger partial charge < -0.3 is 0 Å². The Bertz CT molecular complexity index is 2000. The first-order valence-corrected chi connectivity index (χ1v) is 16.9. The van der Waals surface area contributed by atoms with Crippen molar-refractivity contribution in [3.8, 4) is 0 Å². The summed E-state index contributed by atoms with van der Waals surface area (Å²) in [4.78, 5) is 4.61. The van der Waals surface area contributed by atoms with Crippen molar-refractivity contribution in [2.75, 3.05) is 0 Å². The summed E-state index contributed by atoms with van der Waals surface area (Å²) in [5.74, 6) is 0.618. The highest BCUT2D eigenvalue weighted by atomic mass is 35.5. The maximum atomic E-state index is 13.4. The minimum atomic E-state index is -3.73. The van der Waals surface area contributed by atoms with E-state index < -0.39 is 25.6 Å². The van der Waals surface area contributed by atoms with Crippen molar-refractivity contribution in [2.45, 2.75) is 60.1 Å². The third-order valence-electron chi connectivity index (χ3n) is 8.71. The molecule has 5 aromatic rings. The summed E-state index contributed by atoms with van der Waals surface area (Å²) in [5, 5.41) is 9.35. The van der Waals surface area contributed by atoms with Crippen LogP contribution >= 0.6 is 11.6 Å². The van der Waals surface area contributed by atoms with Crippen LogP contribution in [0.3, 0.4) is 0 Å². The highest BCUT2D eigenvalue weighted by Crippen LogP contribution is 2.53. The molecule has 8 rings (SSSR count). The number of nitrogens with one attached hydrogen (secondary N) is 1. The SMILES string of the molecule is O=S(=O)(NC12CCC(c3nnc4cnc5c(ccn5S(=O)(=O)Cc5ccccc5)n34)(CC1)CC2)c1cccc(Cl)c1. The lowest BCUT2D eigenvalue weighted by Crippen LogP contribution is -2.58. The zero-order valence-electron chi connectivity index (χ0n) is 21.9. The largest absolute Gasteiger partial charge is 0.274 e. The lowest BCUT2D eigenvalue weighted by molar-refractivity contribution is 0.0882. The summed E-state index contributed by atoms with van der Waals surface area (Å²) < 4.78 is 59.3. The number of nitrogens with zero attached hydrogens (tertiary/aromatic N) is 5. The van der Waals surface area contributed by atoms with Gasteiger partial charge >= 0.3 is 0 Å². The predicted octanol–water partition coefficient (Wildman–Crippen LogP) is 4.43. The first-order chi connectivity index (χ1) is 19.6. The first-order valence-electron chi connectivity index (χ1n) is 13.4. The Balaban J connectivity index is 1.20. The van der Waals surface area contributed by atoms with Gasteiger partial charge in [0.1, 0.15) is 5.82 Å². The average molecular weight is 611 g/mol. The van der Waals surface area contributed by atoms with Gasteiger partial charge in [-0.3, -0.25) is 4.40 Å². The molecule has 41 heavy (non-hydrogen) atoms. The molecule has 0 amide bonds. The zero-order chi connectivity index (χ0) is 28.5. The third-order valence-corrected chi connectivity index (χ3v) is 12.1. The molecule has 0 atom stereocenters. The number of halogens is 1. The molecular weight excluding hydrogens is 584 g/mol. The quantitative estimate of drug-likeness (QED) is 0.289. The fourth-order valence-electron chi connectivity index (χ4n) is 6.50. The molecule has 13 heteroatoms. The molecule has 3 aliphatic rings. The molecule has 2 aromatic carbocycles. The number of sulfonamides is 1. The Morgan fingerprint density at radius 1 is 0.878 bits per heavy atom. The topological polar surface area (TPSA) is 128 Å². The number of hydrogen-bond donors (Lipinski definition) is 1. The van der Waals surface area contributed by atoms with E-state index in [1.165, 1.54) is 16.2 Å². The molecule has 3 fully saturated rings. The van der Waals surface area contributed by atoms with Crippen LogP contribution < -0.4 is 4.72 Å². The maximum absolute atomic E-state index is 13.4. The number of fused-ring (bicyclic) bond motifs is 6. The first kappa shape index (κ1) is 26.6. The van der Waals surface area contributed by atoms with Crippen molar-refractivity contribution in [1.82, 2.24) is 28.3 Å². The van der Waals surface area contributed by atoms with Gasteiger partial charge in [0.25, 0.3) is 0 Å². The number of benzene rings is 2. The molecule has 212 valence electrons. The molecule has 3 aliphatic carbocycles. The van der Waals surface area contributed by atoms with Gasteiger partial charge in [-0.1, -0.05) is 48.0 Å². The number of rotatable bonds is 7. The summed E-state index contributed by atoms with van der Waals surface area (Å²) in [6, 6.07) is 17.1. The van der Waals surface area contributed by atoms with Crippen LogP contribution in [0.5, 0.6) is 0 Å². The number of aromatic nitrogens is 5. The van der Waals surface area contributed by atoms with Gasteiger partial charge in [-0.25, -0.2) is 30.5 Å². The van der Waals surface area contributed by atoms with Crippen LogP contribution in [0.4, 0.5) is 0 Å². The maximum Gasteiger partial charge on any atom is 0.244 e. The van der Waals surface area contributed by atoms with Crippen molar-refractivity contribution in [1.29, 1.82) is 0 Å². The summed E-state index contributed by atoms with van der Waals surface area (Å²) in [6.07, 6.45) is 7.23. The summed E-state index contributed by atoms with van der Waals surface area (Å²) in [7, 11) is -7.46. The minimum absolute atomic E-state index is 0.149. The van der Waals surface area contributed by atoms with Crippen LogP contribution in [0.25, 0.3) is 16.8 Å². The van der Waals surface area contributed by atoms with E-state index in [1.54, 1.807) is 42.6 Å². The van der Waals surface area contributed by atoms with Crippen LogP contribution in [0.1, 0.15) is 49.9 Å². The molecule has 0 spiro atoms. The average Bonchev–Trinajstić information content (AvgIpc) is 3.59.